The van der Waals surface area contributed by atoms with Gasteiger partial charge in [-0.1, -0.05) is 31.4 Å². The summed E-state index contributed by atoms with van der Waals surface area (Å²) in [5, 5.41) is 0. The molecule has 0 aromatic heterocycles. The highest BCUT2D eigenvalue weighted by atomic mass is 16.5. The lowest BCUT2D eigenvalue weighted by atomic mass is 10.2. The Morgan fingerprint density at radius 1 is 1.55 bits per heavy atom. The number of hydrogen-bond donors (Lipinski definition) is 0. The zero-order valence-corrected chi connectivity index (χ0v) is 6.67. The first kappa shape index (κ1) is 9.69. The fourth-order valence-electron chi connectivity index (χ4n) is 0.511. The van der Waals surface area contributed by atoms with E-state index in [9.17, 15) is 4.79 Å². The zero-order valence-electron chi connectivity index (χ0n) is 6.67. The summed E-state index contributed by atoms with van der Waals surface area (Å²) in [4.78, 5) is 10.4. The fraction of sp³-hybridized carbons (Fsp3) is 0.222. The number of carbonyl (C=O) groups excluding carboxylic acids is 1. The molecule has 0 aliphatic heterocycles. The summed E-state index contributed by atoms with van der Waals surface area (Å²) in [6.45, 7) is 8.70. The normalized spacial score (nSPS) is 10.5. The average Bonchev–Trinajstić information content (AvgIpc) is 1.97. The van der Waals surface area contributed by atoms with E-state index in [0.717, 1.165) is 5.57 Å². The highest BCUT2D eigenvalue weighted by Crippen LogP contribution is 1.96. The summed E-state index contributed by atoms with van der Waals surface area (Å²) in [6, 6.07) is 0. The Labute approximate surface area is 66.9 Å². The summed E-state index contributed by atoms with van der Waals surface area (Å²) in [5.74, 6) is -0.290. The highest BCUT2D eigenvalue weighted by Gasteiger charge is 1.93. The van der Waals surface area contributed by atoms with E-state index in [1.54, 1.807) is 18.2 Å². The molecule has 0 bridgehead atoms. The van der Waals surface area contributed by atoms with Crippen LogP contribution in [0.4, 0.5) is 0 Å². The Kier molecular flexibility index (Phi) is 4.82. The lowest BCUT2D eigenvalue weighted by Crippen LogP contribution is -2.01. The topological polar surface area (TPSA) is 26.3 Å². The van der Waals surface area contributed by atoms with Crippen LogP contribution in [0.3, 0.4) is 0 Å². The van der Waals surface area contributed by atoms with Gasteiger partial charge in [-0.25, -0.2) is 0 Å². The molecule has 2 heteroatoms. The van der Waals surface area contributed by atoms with Gasteiger partial charge in [-0.15, -0.1) is 0 Å². The maximum atomic E-state index is 10.4. The van der Waals surface area contributed by atoms with Crippen LogP contribution < -0.4 is 0 Å². The molecule has 0 saturated carbocycles. The Morgan fingerprint density at radius 2 is 2.18 bits per heavy atom. The number of hydrogen-bond acceptors (Lipinski definition) is 2. The molecular formula is C9H12O2. The monoisotopic (exact) mass is 152 g/mol. The number of ether oxygens (including phenoxy) is 1. The van der Waals surface area contributed by atoms with Crippen molar-refractivity contribution in [3.8, 4) is 0 Å². The fourth-order valence-corrected chi connectivity index (χ4v) is 0.511. The molecule has 0 aliphatic rings. The molecule has 0 atom stereocenters. The van der Waals surface area contributed by atoms with Gasteiger partial charge in [-0.3, -0.25) is 4.79 Å². The largest absolute Gasteiger partial charge is 0.461 e. The third-order valence-electron chi connectivity index (χ3n) is 1.04. The summed E-state index contributed by atoms with van der Waals surface area (Å²) < 4.78 is 4.72. The van der Waals surface area contributed by atoms with Gasteiger partial charge in [0.25, 0.3) is 0 Å². The predicted octanol–water partition coefficient (Wildman–Crippen LogP) is 1.85. The third kappa shape index (κ3) is 5.15. The molecule has 0 unspecified atom stereocenters. The van der Waals surface area contributed by atoms with Crippen LogP contribution in [0, 0.1) is 0 Å². The molecule has 0 amide bonds. The molecule has 0 aromatic carbocycles. The highest BCUT2D eigenvalue weighted by molar-refractivity contribution is 5.66. The molecule has 0 aromatic rings. The van der Waals surface area contributed by atoms with Gasteiger partial charge >= 0.3 is 5.97 Å². The lowest BCUT2D eigenvalue weighted by molar-refractivity contribution is -0.139. The Hall–Kier alpha value is -1.31. The van der Waals surface area contributed by atoms with Crippen LogP contribution in [0.2, 0.25) is 0 Å². The van der Waals surface area contributed by atoms with Crippen LogP contribution in [0.1, 0.15) is 6.92 Å². The van der Waals surface area contributed by atoms with Crippen LogP contribution in [-0.4, -0.2) is 12.6 Å². The minimum Gasteiger partial charge on any atom is -0.461 e. The molecule has 0 rings (SSSR count). The first-order valence-electron chi connectivity index (χ1n) is 3.28. The molecule has 0 N–H and O–H groups in total. The lowest BCUT2D eigenvalue weighted by Gasteiger charge is -2.00. The van der Waals surface area contributed by atoms with Crippen molar-refractivity contribution in [2.24, 2.45) is 0 Å². The van der Waals surface area contributed by atoms with Crippen molar-refractivity contribution in [2.45, 2.75) is 6.92 Å². The molecule has 0 aliphatic carbocycles. The number of esters is 1. The van der Waals surface area contributed by atoms with Crippen molar-refractivity contribution in [1.82, 2.24) is 0 Å². The summed E-state index contributed by atoms with van der Waals surface area (Å²) in [7, 11) is 0. The standard InChI is InChI=1S/C9H12O2/c1-4-6-9(5-2)7-11-8(3)10/h4-6H,1-2,7H2,3H3/b9-6+. The number of allylic oxidation sites excluding steroid dienone is 2. The number of carbonyl (C=O) groups is 1. The summed E-state index contributed by atoms with van der Waals surface area (Å²) in [5.41, 5.74) is 0.843. The molecule has 11 heavy (non-hydrogen) atoms. The van der Waals surface area contributed by atoms with E-state index >= 15 is 0 Å². The average molecular weight is 152 g/mol. The Morgan fingerprint density at radius 3 is 2.55 bits per heavy atom. The van der Waals surface area contributed by atoms with E-state index in [0.29, 0.717) is 0 Å². The van der Waals surface area contributed by atoms with Crippen molar-refractivity contribution in [3.63, 3.8) is 0 Å². The van der Waals surface area contributed by atoms with E-state index in [1.165, 1.54) is 6.92 Å². The zero-order chi connectivity index (χ0) is 8.69. The van der Waals surface area contributed by atoms with Gasteiger partial charge in [0.2, 0.25) is 0 Å². The Bertz CT molecular complexity index is 190. The van der Waals surface area contributed by atoms with Crippen molar-refractivity contribution in [1.29, 1.82) is 0 Å². The minimum atomic E-state index is -0.290. The van der Waals surface area contributed by atoms with Crippen molar-refractivity contribution in [3.05, 3.63) is 37.0 Å². The van der Waals surface area contributed by atoms with Gasteiger partial charge in [0, 0.05) is 6.92 Å². The second kappa shape index (κ2) is 5.47. The minimum absolute atomic E-state index is 0.269. The van der Waals surface area contributed by atoms with E-state index in [-0.39, 0.29) is 12.6 Å². The molecule has 0 fully saturated rings. The molecular weight excluding hydrogens is 140 g/mol. The predicted molar refractivity (Wildman–Crippen MR) is 45.1 cm³/mol. The van der Waals surface area contributed by atoms with Gasteiger partial charge in [0.1, 0.15) is 6.61 Å². The SMILES string of the molecule is C=C/C=C(\C=C)COC(C)=O. The molecule has 0 heterocycles. The van der Waals surface area contributed by atoms with Crippen molar-refractivity contribution < 1.29 is 9.53 Å². The van der Waals surface area contributed by atoms with Crippen LogP contribution in [-0.2, 0) is 9.53 Å². The van der Waals surface area contributed by atoms with Crippen molar-refractivity contribution >= 4 is 5.97 Å². The van der Waals surface area contributed by atoms with E-state index in [1.807, 2.05) is 0 Å². The molecule has 0 spiro atoms. The van der Waals surface area contributed by atoms with E-state index < -0.39 is 0 Å². The van der Waals surface area contributed by atoms with Gasteiger partial charge in [-0.2, -0.15) is 0 Å². The van der Waals surface area contributed by atoms with E-state index in [2.05, 4.69) is 13.2 Å². The smallest absolute Gasteiger partial charge is 0.302 e. The third-order valence-corrected chi connectivity index (χ3v) is 1.04. The molecule has 60 valence electrons. The molecule has 0 saturated heterocycles. The first-order valence-corrected chi connectivity index (χ1v) is 3.28. The molecule has 0 radical (unpaired) electrons. The van der Waals surface area contributed by atoms with Crippen LogP contribution in [0.15, 0.2) is 37.0 Å². The second-order valence-electron chi connectivity index (χ2n) is 1.96. The van der Waals surface area contributed by atoms with Crippen LogP contribution >= 0.6 is 0 Å². The van der Waals surface area contributed by atoms with Crippen LogP contribution in [0.25, 0.3) is 0 Å². The van der Waals surface area contributed by atoms with Gasteiger partial charge in [0.15, 0.2) is 0 Å². The maximum Gasteiger partial charge on any atom is 0.302 e. The van der Waals surface area contributed by atoms with Gasteiger partial charge < -0.3 is 4.74 Å². The molecule has 2 nitrogen and oxygen atoms in total. The first-order chi connectivity index (χ1) is 5.20. The van der Waals surface area contributed by atoms with Crippen LogP contribution in [0.5, 0.6) is 0 Å². The Balaban J connectivity index is 3.88. The summed E-state index contributed by atoms with van der Waals surface area (Å²) >= 11 is 0. The van der Waals surface area contributed by atoms with Crippen molar-refractivity contribution in [2.75, 3.05) is 6.61 Å². The maximum absolute atomic E-state index is 10.4. The van der Waals surface area contributed by atoms with Gasteiger partial charge in [-0.05, 0) is 5.57 Å². The second-order valence-corrected chi connectivity index (χ2v) is 1.96. The van der Waals surface area contributed by atoms with E-state index in [4.69, 9.17) is 4.74 Å². The van der Waals surface area contributed by atoms with Gasteiger partial charge in [0.05, 0.1) is 0 Å². The summed E-state index contributed by atoms with van der Waals surface area (Å²) in [6.07, 6.45) is 5.00. The quantitative estimate of drug-likeness (QED) is 0.454. The number of rotatable bonds is 4.